The first-order chi connectivity index (χ1) is 14.5. The lowest BCUT2D eigenvalue weighted by molar-refractivity contribution is -0.120. The summed E-state index contributed by atoms with van der Waals surface area (Å²) in [6, 6.07) is 13.4. The molecule has 2 aromatic carbocycles. The van der Waals surface area contributed by atoms with Gasteiger partial charge in [-0.3, -0.25) is 9.59 Å². The maximum absolute atomic E-state index is 13.3. The van der Waals surface area contributed by atoms with Gasteiger partial charge in [0.1, 0.15) is 5.70 Å². The summed E-state index contributed by atoms with van der Waals surface area (Å²) < 4.78 is 10.7. The number of anilines is 2. The third-order valence-corrected chi connectivity index (χ3v) is 5.92. The highest BCUT2D eigenvalue weighted by Gasteiger charge is 2.41. The monoisotopic (exact) mass is 458 g/mol. The molecule has 3 aromatic rings. The van der Waals surface area contributed by atoms with Gasteiger partial charge in [0.15, 0.2) is 11.5 Å². The molecule has 0 spiro atoms. The second-order valence-corrected chi connectivity index (χ2v) is 8.31. The Morgan fingerprint density at radius 3 is 2.43 bits per heavy atom. The molecule has 0 unspecified atom stereocenters. The van der Waals surface area contributed by atoms with Crippen LogP contribution in [0.5, 0.6) is 11.5 Å². The second kappa shape index (κ2) is 7.36. The molecule has 150 valence electrons. The van der Waals surface area contributed by atoms with E-state index in [0.717, 1.165) is 4.90 Å². The predicted octanol–water partition coefficient (Wildman–Crippen LogP) is 5.18. The molecule has 0 bridgehead atoms. The van der Waals surface area contributed by atoms with Crippen molar-refractivity contribution in [1.82, 2.24) is 0 Å². The Morgan fingerprint density at radius 1 is 0.933 bits per heavy atom. The van der Waals surface area contributed by atoms with Gasteiger partial charge >= 0.3 is 0 Å². The summed E-state index contributed by atoms with van der Waals surface area (Å²) in [6.45, 7) is 0.142. The van der Waals surface area contributed by atoms with Crippen LogP contribution in [-0.4, -0.2) is 18.6 Å². The molecule has 1 aromatic heterocycles. The predicted molar refractivity (Wildman–Crippen MR) is 116 cm³/mol. The molecule has 0 aliphatic carbocycles. The summed E-state index contributed by atoms with van der Waals surface area (Å²) in [4.78, 5) is 28.4. The van der Waals surface area contributed by atoms with Crippen LogP contribution in [0.1, 0.15) is 4.88 Å². The van der Waals surface area contributed by atoms with E-state index in [-0.39, 0.29) is 18.1 Å². The number of nitrogens with one attached hydrogen (secondary N) is 1. The van der Waals surface area contributed by atoms with E-state index in [0.29, 0.717) is 37.8 Å². The first-order valence-corrected chi connectivity index (χ1v) is 10.4. The van der Waals surface area contributed by atoms with Crippen molar-refractivity contribution in [3.8, 4) is 11.5 Å². The summed E-state index contributed by atoms with van der Waals surface area (Å²) in [5.74, 6) is 0.231. The smallest absolute Gasteiger partial charge is 0.282 e. The quantitative estimate of drug-likeness (QED) is 0.545. The third-order valence-electron chi connectivity index (χ3n) is 4.60. The van der Waals surface area contributed by atoms with Gasteiger partial charge in [-0.25, -0.2) is 4.90 Å². The van der Waals surface area contributed by atoms with Gasteiger partial charge in [0.25, 0.3) is 11.8 Å². The van der Waals surface area contributed by atoms with Crippen molar-refractivity contribution >= 4 is 63.3 Å². The van der Waals surface area contributed by atoms with Gasteiger partial charge in [-0.2, -0.15) is 0 Å². The summed E-state index contributed by atoms with van der Waals surface area (Å²) in [7, 11) is 0. The molecule has 3 heterocycles. The fourth-order valence-corrected chi connectivity index (χ4v) is 4.60. The van der Waals surface area contributed by atoms with E-state index >= 15 is 0 Å². The van der Waals surface area contributed by atoms with Crippen LogP contribution in [0.2, 0.25) is 10.0 Å². The number of benzene rings is 2. The van der Waals surface area contributed by atoms with Crippen molar-refractivity contribution in [1.29, 1.82) is 0 Å². The van der Waals surface area contributed by atoms with E-state index in [1.54, 1.807) is 24.3 Å². The molecule has 30 heavy (non-hydrogen) atoms. The fraction of sp³-hybridized carbons (Fsp3) is 0.0476. The summed E-state index contributed by atoms with van der Waals surface area (Å²) in [6.07, 6.45) is 0. The number of thiophene rings is 1. The van der Waals surface area contributed by atoms with Crippen molar-refractivity contribution in [2.45, 2.75) is 0 Å². The Balaban J connectivity index is 1.58. The number of nitrogens with zero attached hydrogens (tertiary/aromatic N) is 1. The number of ether oxygens (including phenoxy) is 2. The molecule has 1 N–H and O–H groups in total. The van der Waals surface area contributed by atoms with Gasteiger partial charge in [0.05, 0.1) is 11.3 Å². The van der Waals surface area contributed by atoms with Crippen molar-refractivity contribution in [2.75, 3.05) is 17.0 Å². The standard InChI is InChI=1S/C21H12Cl2N2O4S/c22-11-6-12(23)8-14(7-11)25-20(26)18(17-2-1-5-30-17)19(21(25)27)24-13-3-4-15-16(9-13)29-10-28-15/h1-9,24H,10H2. The Morgan fingerprint density at radius 2 is 1.70 bits per heavy atom. The van der Waals surface area contributed by atoms with E-state index in [1.807, 2.05) is 11.4 Å². The van der Waals surface area contributed by atoms with E-state index < -0.39 is 11.8 Å². The van der Waals surface area contributed by atoms with Crippen LogP contribution >= 0.6 is 34.5 Å². The van der Waals surface area contributed by atoms with E-state index in [1.165, 1.54) is 29.5 Å². The fourth-order valence-electron chi connectivity index (χ4n) is 3.32. The minimum Gasteiger partial charge on any atom is -0.454 e. The van der Waals surface area contributed by atoms with Gasteiger partial charge in [-0.15, -0.1) is 11.3 Å². The number of amides is 2. The molecule has 0 saturated heterocycles. The molecule has 2 amide bonds. The minimum absolute atomic E-state index is 0.142. The number of fused-ring (bicyclic) bond motifs is 1. The SMILES string of the molecule is O=C1C(Nc2ccc3c(c2)OCO3)=C(c2cccs2)C(=O)N1c1cc(Cl)cc(Cl)c1. The van der Waals surface area contributed by atoms with Crippen LogP contribution in [0.3, 0.4) is 0 Å². The van der Waals surface area contributed by atoms with Crippen molar-refractivity contribution in [3.05, 3.63) is 74.5 Å². The number of hydrogen-bond donors (Lipinski definition) is 1. The molecule has 0 atom stereocenters. The Kier molecular flexibility index (Phi) is 4.66. The lowest BCUT2D eigenvalue weighted by Gasteiger charge is -2.16. The van der Waals surface area contributed by atoms with Gasteiger partial charge < -0.3 is 14.8 Å². The second-order valence-electron chi connectivity index (χ2n) is 6.49. The molecular weight excluding hydrogens is 447 g/mol. The largest absolute Gasteiger partial charge is 0.454 e. The third kappa shape index (κ3) is 3.21. The normalized spacial score (nSPS) is 15.3. The van der Waals surface area contributed by atoms with Crippen molar-refractivity contribution in [3.63, 3.8) is 0 Å². The lowest BCUT2D eigenvalue weighted by atomic mass is 10.2. The number of halogens is 2. The highest BCUT2D eigenvalue weighted by atomic mass is 35.5. The van der Waals surface area contributed by atoms with Crippen LogP contribution in [0.15, 0.2) is 59.6 Å². The molecule has 9 heteroatoms. The maximum atomic E-state index is 13.3. The Labute approximate surface area is 185 Å². The van der Waals surface area contributed by atoms with Crippen molar-refractivity contribution < 1.29 is 19.1 Å². The van der Waals surface area contributed by atoms with E-state index in [9.17, 15) is 9.59 Å². The van der Waals surface area contributed by atoms with Crippen molar-refractivity contribution in [2.24, 2.45) is 0 Å². The Hall–Kier alpha value is -3.00. The van der Waals surface area contributed by atoms with Crippen LogP contribution < -0.4 is 19.7 Å². The van der Waals surface area contributed by atoms with Gasteiger partial charge in [0, 0.05) is 26.7 Å². The highest BCUT2D eigenvalue weighted by molar-refractivity contribution is 7.11. The number of rotatable bonds is 4. The Bertz CT molecular complexity index is 1200. The molecule has 2 aliphatic rings. The minimum atomic E-state index is -0.501. The molecule has 5 rings (SSSR count). The van der Waals surface area contributed by atoms with Crippen LogP contribution in [0.4, 0.5) is 11.4 Å². The summed E-state index contributed by atoms with van der Waals surface area (Å²) in [5.41, 5.74) is 1.34. The number of carbonyl (C=O) groups excluding carboxylic acids is 2. The lowest BCUT2D eigenvalue weighted by Crippen LogP contribution is -2.32. The number of hydrogen-bond acceptors (Lipinski definition) is 6. The molecular formula is C21H12Cl2N2O4S. The molecule has 0 fully saturated rings. The number of carbonyl (C=O) groups is 2. The van der Waals surface area contributed by atoms with Crippen LogP contribution in [0, 0.1) is 0 Å². The average Bonchev–Trinajstić information content (AvgIpc) is 3.42. The number of imide groups is 1. The summed E-state index contributed by atoms with van der Waals surface area (Å²) >= 11 is 13.6. The molecule has 0 saturated carbocycles. The van der Waals surface area contributed by atoms with E-state index in [2.05, 4.69) is 5.32 Å². The average molecular weight is 459 g/mol. The van der Waals surface area contributed by atoms with Gasteiger partial charge in [0.2, 0.25) is 6.79 Å². The summed E-state index contributed by atoms with van der Waals surface area (Å²) in [5, 5.41) is 5.59. The first kappa shape index (κ1) is 19.0. The molecule has 2 aliphatic heterocycles. The molecule has 6 nitrogen and oxygen atoms in total. The highest BCUT2D eigenvalue weighted by Crippen LogP contribution is 2.39. The maximum Gasteiger partial charge on any atom is 0.282 e. The topological polar surface area (TPSA) is 67.9 Å². The zero-order valence-corrected chi connectivity index (χ0v) is 17.5. The zero-order chi connectivity index (χ0) is 20.8. The van der Waals surface area contributed by atoms with Crippen LogP contribution in [0.25, 0.3) is 5.57 Å². The zero-order valence-electron chi connectivity index (χ0n) is 15.1. The first-order valence-electron chi connectivity index (χ1n) is 8.81. The van der Waals surface area contributed by atoms with E-state index in [4.69, 9.17) is 32.7 Å². The van der Waals surface area contributed by atoms with Gasteiger partial charge in [-0.05, 0) is 41.8 Å². The van der Waals surface area contributed by atoms with Crippen LogP contribution in [-0.2, 0) is 9.59 Å². The molecule has 0 radical (unpaired) electrons. The van der Waals surface area contributed by atoms with Gasteiger partial charge in [-0.1, -0.05) is 29.3 Å².